The lowest BCUT2D eigenvalue weighted by molar-refractivity contribution is -0.110. The minimum Gasteiger partial charge on any atom is -0.478 e. The summed E-state index contributed by atoms with van der Waals surface area (Å²) in [7, 11) is 2.12. The highest BCUT2D eigenvalue weighted by atomic mass is 16.6. The fraction of sp³-hybridized carbons (Fsp3) is 0.583. The van der Waals surface area contributed by atoms with Crippen molar-refractivity contribution in [2.75, 3.05) is 26.7 Å². The second-order valence-electron chi connectivity index (χ2n) is 4.41. The number of piperidine rings is 1. The van der Waals surface area contributed by atoms with E-state index in [9.17, 15) is 0 Å². The van der Waals surface area contributed by atoms with Crippen LogP contribution < -0.4 is 0 Å². The van der Waals surface area contributed by atoms with E-state index in [0.717, 1.165) is 25.9 Å². The maximum absolute atomic E-state index is 5.99. The van der Waals surface area contributed by atoms with Gasteiger partial charge in [-0.05, 0) is 19.8 Å². The van der Waals surface area contributed by atoms with Gasteiger partial charge in [-0.15, -0.1) is 0 Å². The summed E-state index contributed by atoms with van der Waals surface area (Å²) < 4.78 is 11.6. The van der Waals surface area contributed by atoms with Crippen LogP contribution in [0, 0.1) is 0 Å². The number of rotatable bonds is 2. The third kappa shape index (κ3) is 1.97. The van der Waals surface area contributed by atoms with E-state index in [1.165, 1.54) is 0 Å². The standard InChI is InChI=1S/C12H18N2O2/c1-4-10-11(13-2)15-9-12(16-10)5-7-14(3)8-6-12/h4H,1-2,5-9H2,3H3. The van der Waals surface area contributed by atoms with Crippen LogP contribution in [0.5, 0.6) is 0 Å². The van der Waals surface area contributed by atoms with Crippen LogP contribution in [0.4, 0.5) is 0 Å². The average Bonchev–Trinajstić information content (AvgIpc) is 2.33. The largest absolute Gasteiger partial charge is 0.478 e. The molecule has 0 atom stereocenters. The van der Waals surface area contributed by atoms with E-state index in [1.54, 1.807) is 6.08 Å². The Kier molecular flexibility index (Phi) is 3.01. The normalized spacial score (nSPS) is 24.8. The molecule has 2 rings (SSSR count). The van der Waals surface area contributed by atoms with Gasteiger partial charge < -0.3 is 14.4 Å². The van der Waals surface area contributed by atoms with Crippen LogP contribution >= 0.6 is 0 Å². The molecule has 0 aromatic rings. The number of hydrogen-bond acceptors (Lipinski definition) is 4. The van der Waals surface area contributed by atoms with Crippen molar-refractivity contribution in [1.82, 2.24) is 4.90 Å². The molecular formula is C12H18N2O2. The SMILES string of the molecule is C=CC1=C(N=C)OCC2(CCN(C)CC2)O1. The third-order valence-corrected chi connectivity index (χ3v) is 3.24. The van der Waals surface area contributed by atoms with Gasteiger partial charge in [-0.3, -0.25) is 0 Å². The van der Waals surface area contributed by atoms with Crippen molar-refractivity contribution in [1.29, 1.82) is 0 Å². The van der Waals surface area contributed by atoms with Crippen molar-refractivity contribution in [2.24, 2.45) is 4.99 Å². The Hall–Kier alpha value is -1.29. The predicted molar refractivity (Wildman–Crippen MR) is 63.3 cm³/mol. The molecule has 1 fully saturated rings. The summed E-state index contributed by atoms with van der Waals surface area (Å²) in [5, 5.41) is 0. The number of hydrogen-bond donors (Lipinski definition) is 0. The summed E-state index contributed by atoms with van der Waals surface area (Å²) in [5.41, 5.74) is -0.190. The smallest absolute Gasteiger partial charge is 0.256 e. The Morgan fingerprint density at radius 3 is 2.69 bits per heavy atom. The summed E-state index contributed by atoms with van der Waals surface area (Å²) >= 11 is 0. The molecular weight excluding hydrogens is 204 g/mol. The minimum atomic E-state index is -0.190. The number of aliphatic imine (C=N–C) groups is 1. The maximum Gasteiger partial charge on any atom is 0.256 e. The van der Waals surface area contributed by atoms with Crippen LogP contribution in [-0.2, 0) is 9.47 Å². The summed E-state index contributed by atoms with van der Waals surface area (Å²) in [6, 6.07) is 0. The topological polar surface area (TPSA) is 34.1 Å². The van der Waals surface area contributed by atoms with Crippen LogP contribution in [0.3, 0.4) is 0 Å². The lowest BCUT2D eigenvalue weighted by Crippen LogP contribution is -2.49. The fourth-order valence-corrected chi connectivity index (χ4v) is 2.10. The Labute approximate surface area is 96.2 Å². The number of ether oxygens (including phenoxy) is 2. The Morgan fingerprint density at radius 1 is 1.44 bits per heavy atom. The molecule has 0 aliphatic carbocycles. The Balaban J connectivity index is 2.14. The minimum absolute atomic E-state index is 0.190. The molecule has 2 heterocycles. The highest BCUT2D eigenvalue weighted by molar-refractivity contribution is 5.30. The van der Waals surface area contributed by atoms with Gasteiger partial charge in [-0.1, -0.05) is 6.58 Å². The zero-order valence-electron chi connectivity index (χ0n) is 9.74. The molecule has 0 aromatic carbocycles. The van der Waals surface area contributed by atoms with Gasteiger partial charge in [0.15, 0.2) is 5.76 Å². The highest BCUT2D eigenvalue weighted by Gasteiger charge is 2.40. The summed E-state index contributed by atoms with van der Waals surface area (Å²) in [6.07, 6.45) is 3.60. The lowest BCUT2D eigenvalue weighted by Gasteiger charge is -2.42. The summed E-state index contributed by atoms with van der Waals surface area (Å²) in [4.78, 5) is 6.09. The average molecular weight is 222 g/mol. The maximum atomic E-state index is 5.99. The molecule has 88 valence electrons. The molecule has 0 aromatic heterocycles. The first-order valence-corrected chi connectivity index (χ1v) is 5.53. The Morgan fingerprint density at radius 2 is 2.12 bits per heavy atom. The van der Waals surface area contributed by atoms with Crippen molar-refractivity contribution < 1.29 is 9.47 Å². The second-order valence-corrected chi connectivity index (χ2v) is 4.41. The molecule has 1 spiro atoms. The molecule has 0 N–H and O–H groups in total. The quantitative estimate of drug-likeness (QED) is 0.665. The zero-order chi connectivity index (χ0) is 11.6. The van der Waals surface area contributed by atoms with E-state index in [4.69, 9.17) is 9.47 Å². The van der Waals surface area contributed by atoms with Crippen molar-refractivity contribution in [3.63, 3.8) is 0 Å². The van der Waals surface area contributed by atoms with Crippen LogP contribution in [0.25, 0.3) is 0 Å². The van der Waals surface area contributed by atoms with Gasteiger partial charge in [-0.25, -0.2) is 4.99 Å². The lowest BCUT2D eigenvalue weighted by atomic mass is 9.91. The van der Waals surface area contributed by atoms with E-state index in [0.29, 0.717) is 18.2 Å². The van der Waals surface area contributed by atoms with Gasteiger partial charge >= 0.3 is 0 Å². The monoisotopic (exact) mass is 222 g/mol. The van der Waals surface area contributed by atoms with Gasteiger partial charge in [0.05, 0.1) is 0 Å². The number of nitrogens with zero attached hydrogens (tertiary/aromatic N) is 2. The van der Waals surface area contributed by atoms with E-state index in [2.05, 4.69) is 30.2 Å². The van der Waals surface area contributed by atoms with E-state index >= 15 is 0 Å². The molecule has 0 radical (unpaired) electrons. The van der Waals surface area contributed by atoms with Crippen molar-refractivity contribution >= 4 is 6.72 Å². The predicted octanol–water partition coefficient (Wildman–Crippen LogP) is 1.55. The van der Waals surface area contributed by atoms with Crippen LogP contribution in [0.2, 0.25) is 0 Å². The second kappa shape index (κ2) is 4.29. The molecule has 1 saturated heterocycles. The zero-order valence-corrected chi connectivity index (χ0v) is 9.74. The third-order valence-electron chi connectivity index (χ3n) is 3.24. The van der Waals surface area contributed by atoms with Crippen molar-refractivity contribution in [3.8, 4) is 0 Å². The van der Waals surface area contributed by atoms with Gasteiger partial charge in [0, 0.05) is 25.9 Å². The molecule has 4 nitrogen and oxygen atoms in total. The molecule has 0 saturated carbocycles. The first kappa shape index (κ1) is 11.2. The van der Waals surface area contributed by atoms with Gasteiger partial charge in [0.2, 0.25) is 0 Å². The van der Waals surface area contributed by atoms with E-state index in [1.807, 2.05) is 0 Å². The molecule has 0 bridgehead atoms. The van der Waals surface area contributed by atoms with Gasteiger partial charge in [0.1, 0.15) is 12.2 Å². The van der Waals surface area contributed by atoms with Gasteiger partial charge in [0.25, 0.3) is 5.88 Å². The van der Waals surface area contributed by atoms with Crippen LogP contribution in [0.1, 0.15) is 12.8 Å². The highest BCUT2D eigenvalue weighted by Crippen LogP contribution is 2.34. The summed E-state index contributed by atoms with van der Waals surface area (Å²) in [6.45, 7) is 9.80. The molecule has 2 aliphatic heterocycles. The molecule has 4 heteroatoms. The van der Waals surface area contributed by atoms with Crippen molar-refractivity contribution in [3.05, 3.63) is 24.3 Å². The van der Waals surface area contributed by atoms with Gasteiger partial charge in [-0.2, -0.15) is 0 Å². The Bertz CT molecular complexity index is 328. The number of likely N-dealkylation sites (tertiary alicyclic amines) is 1. The van der Waals surface area contributed by atoms with E-state index in [-0.39, 0.29) is 5.60 Å². The van der Waals surface area contributed by atoms with Crippen LogP contribution in [0.15, 0.2) is 29.3 Å². The summed E-state index contributed by atoms with van der Waals surface area (Å²) in [5.74, 6) is 1.07. The van der Waals surface area contributed by atoms with Crippen LogP contribution in [-0.4, -0.2) is 44.0 Å². The van der Waals surface area contributed by atoms with E-state index < -0.39 is 0 Å². The molecule has 16 heavy (non-hydrogen) atoms. The van der Waals surface area contributed by atoms with Crippen molar-refractivity contribution in [2.45, 2.75) is 18.4 Å². The molecule has 0 amide bonds. The fourth-order valence-electron chi connectivity index (χ4n) is 2.10. The first-order valence-electron chi connectivity index (χ1n) is 5.53. The molecule has 2 aliphatic rings. The number of allylic oxidation sites excluding steroid dienone is 1. The molecule has 0 unspecified atom stereocenters. The first-order chi connectivity index (χ1) is 7.69.